The molecular weight excluding hydrogens is 277 g/mol. The van der Waals surface area contributed by atoms with Gasteiger partial charge >= 0.3 is 0 Å². The van der Waals surface area contributed by atoms with Gasteiger partial charge in [-0.25, -0.2) is 0 Å². The molecule has 0 heterocycles. The zero-order valence-electron chi connectivity index (χ0n) is 5.01. The van der Waals surface area contributed by atoms with E-state index in [-0.39, 0.29) is 0 Å². The van der Waals surface area contributed by atoms with Gasteiger partial charge in [0, 0.05) is 0 Å². The highest BCUT2D eigenvalue weighted by atomic mass is 33.8. The van der Waals surface area contributed by atoms with Crippen molar-refractivity contribution in [1.82, 2.24) is 0 Å². The van der Waals surface area contributed by atoms with Crippen LogP contribution < -0.4 is 11.5 Å². The molecule has 0 bridgehead atoms. The molecule has 0 amide bonds. The molecule has 0 atom stereocenters. The van der Waals surface area contributed by atoms with Gasteiger partial charge in [0.25, 0.3) is 0 Å². The molecule has 64 valence electrons. The van der Waals surface area contributed by atoms with Crippen molar-refractivity contribution in [2.45, 2.75) is 0 Å². The number of thiocarbonyl (C=S) groups is 2. The predicted molar refractivity (Wildman–Crippen MR) is 71.5 cm³/mol. The molecule has 0 fully saturated rings. The van der Waals surface area contributed by atoms with E-state index in [4.69, 9.17) is 11.5 Å². The van der Waals surface area contributed by atoms with E-state index in [0.717, 1.165) is 0 Å². The molecule has 0 aliphatic carbocycles. The summed E-state index contributed by atoms with van der Waals surface area (Å²) in [5.41, 5.74) is 10.5. The fourth-order valence-electron chi connectivity index (χ4n) is 0.106. The molecule has 0 saturated carbocycles. The van der Waals surface area contributed by atoms with Gasteiger partial charge in [0.05, 0.1) is 0 Å². The van der Waals surface area contributed by atoms with Crippen LogP contribution in [0.4, 0.5) is 0 Å². The lowest BCUT2D eigenvalue weighted by atomic mass is 11.5. The van der Waals surface area contributed by atoms with Crippen LogP contribution in [-0.2, 0) is 0 Å². The van der Waals surface area contributed by atoms with Gasteiger partial charge < -0.3 is 11.5 Å². The molecule has 0 saturated heterocycles. The molecule has 0 aliphatic heterocycles. The van der Waals surface area contributed by atoms with Crippen LogP contribution in [0.1, 0.15) is 0 Å². The van der Waals surface area contributed by atoms with E-state index in [9.17, 15) is 0 Å². The average Bonchev–Trinajstić information content (AvgIpc) is 1.85. The third-order valence-corrected chi connectivity index (χ3v) is 9.04. The maximum Gasteiger partial charge on any atom is 0.142 e. The maximum atomic E-state index is 5.23. The predicted octanol–water partition coefficient (Wildman–Crippen LogP) is 2.80. The Bertz CT molecular complexity index is 129. The monoisotopic (exact) mass is 280 g/mol. The summed E-state index contributed by atoms with van der Waals surface area (Å²) in [6, 6.07) is 0. The molecule has 4 N–H and O–H groups in total. The van der Waals surface area contributed by atoms with Gasteiger partial charge in [0.15, 0.2) is 0 Å². The van der Waals surface area contributed by atoms with Crippen LogP contribution in [0.3, 0.4) is 0 Å². The lowest BCUT2D eigenvalue weighted by molar-refractivity contribution is 1.91. The number of rotatable bonds is 4. The van der Waals surface area contributed by atoms with Gasteiger partial charge in [-0.1, -0.05) is 24.4 Å². The van der Waals surface area contributed by atoms with Crippen molar-refractivity contribution in [3.8, 4) is 0 Å². The Morgan fingerprint density at radius 3 is 1.45 bits per heavy atom. The van der Waals surface area contributed by atoms with Crippen molar-refractivity contribution in [3.05, 3.63) is 0 Å². The fraction of sp³-hybridized carbons (Fsp3) is 0. The quantitative estimate of drug-likeness (QED) is 0.460. The van der Waals surface area contributed by atoms with E-state index < -0.39 is 0 Å². The second kappa shape index (κ2) is 8.14. The highest BCUT2D eigenvalue weighted by Gasteiger charge is 1.96. The molecule has 0 radical (unpaired) electrons. The Morgan fingerprint density at radius 1 is 0.818 bits per heavy atom. The summed E-state index contributed by atoms with van der Waals surface area (Å²) in [4.78, 5) is 0. The van der Waals surface area contributed by atoms with Crippen molar-refractivity contribution in [2.24, 2.45) is 11.5 Å². The van der Waals surface area contributed by atoms with Gasteiger partial charge in [-0.2, -0.15) is 0 Å². The normalized spacial score (nSPS) is 9.45. The molecule has 9 heteroatoms. The van der Waals surface area contributed by atoms with Gasteiger partial charge in [-0.05, 0) is 51.1 Å². The summed E-state index contributed by atoms with van der Waals surface area (Å²) < 4.78 is 0.867. The van der Waals surface area contributed by atoms with Crippen molar-refractivity contribution < 1.29 is 0 Å². The van der Waals surface area contributed by atoms with Crippen molar-refractivity contribution in [1.29, 1.82) is 0 Å². The summed E-state index contributed by atoms with van der Waals surface area (Å²) in [5.74, 6) is 0. The smallest absolute Gasteiger partial charge is 0.142 e. The lowest BCUT2D eigenvalue weighted by Gasteiger charge is -1.95. The third kappa shape index (κ3) is 11.5. The van der Waals surface area contributed by atoms with Gasteiger partial charge in [-0.3, -0.25) is 0 Å². The van der Waals surface area contributed by atoms with Crippen molar-refractivity contribution in [2.75, 3.05) is 0 Å². The summed E-state index contributed by atoms with van der Waals surface area (Å²) in [6.45, 7) is 0. The summed E-state index contributed by atoms with van der Waals surface area (Å²) in [7, 11) is 7.24. The topological polar surface area (TPSA) is 52.0 Å². The Balaban J connectivity index is 3.03. The highest BCUT2D eigenvalue weighted by Crippen LogP contribution is 2.48. The second-order valence-corrected chi connectivity index (χ2v) is 9.93. The van der Waals surface area contributed by atoms with E-state index in [1.807, 2.05) is 0 Å². The Hall–Kier alpha value is 1.53. The van der Waals surface area contributed by atoms with Gasteiger partial charge in [0.2, 0.25) is 0 Å². The molecule has 0 spiro atoms. The van der Waals surface area contributed by atoms with E-state index in [1.54, 1.807) is 0 Å². The van der Waals surface area contributed by atoms with E-state index in [1.165, 1.54) is 51.1 Å². The molecule has 11 heavy (non-hydrogen) atoms. The SMILES string of the molecule is NC(=S)SSSSSC(N)=S. The van der Waals surface area contributed by atoms with E-state index >= 15 is 0 Å². The average molecular weight is 281 g/mol. The molecule has 0 aromatic rings. The van der Waals surface area contributed by atoms with Crippen molar-refractivity contribution in [3.63, 3.8) is 0 Å². The van der Waals surface area contributed by atoms with Crippen LogP contribution in [0.2, 0.25) is 0 Å². The second-order valence-electron chi connectivity index (χ2n) is 1.01. The zero-order valence-corrected chi connectivity index (χ0v) is 10.7. The minimum Gasteiger partial charge on any atom is -0.384 e. The van der Waals surface area contributed by atoms with Gasteiger partial charge in [0.1, 0.15) is 8.64 Å². The number of nitrogens with two attached hydrogens (primary N) is 2. The number of hydrogen-bond acceptors (Lipinski definition) is 7. The first kappa shape index (κ1) is 12.5. The maximum absolute atomic E-state index is 5.23. The highest BCUT2D eigenvalue weighted by molar-refractivity contribution is 9.37. The van der Waals surface area contributed by atoms with E-state index in [2.05, 4.69) is 24.4 Å². The van der Waals surface area contributed by atoms with Gasteiger partial charge in [-0.15, -0.1) is 0 Å². The number of hydrogen-bond donors (Lipinski definition) is 2. The van der Waals surface area contributed by atoms with Crippen LogP contribution in [0.5, 0.6) is 0 Å². The minimum atomic E-state index is 0.434. The van der Waals surface area contributed by atoms with Crippen LogP contribution in [0.15, 0.2) is 0 Å². The molecule has 2 nitrogen and oxygen atoms in total. The lowest BCUT2D eigenvalue weighted by Crippen LogP contribution is -1.98. The first-order valence-corrected chi connectivity index (χ1v) is 9.03. The molecule has 0 unspecified atom stereocenters. The fourth-order valence-corrected chi connectivity index (χ4v) is 8.32. The molecule has 0 aromatic heterocycles. The van der Waals surface area contributed by atoms with Crippen LogP contribution in [0.25, 0.3) is 0 Å². The first-order chi connectivity index (χ1) is 5.13. The Kier molecular flexibility index (Phi) is 9.28. The third-order valence-electron chi connectivity index (χ3n) is 0.288. The molecule has 0 aliphatic rings. The van der Waals surface area contributed by atoms with Crippen LogP contribution >= 0.6 is 75.5 Å². The first-order valence-electron chi connectivity index (χ1n) is 2.06. The standard InChI is InChI=1S/C2H4N2S7/c3-1(5)7-9-11-10-8-2(4)6/h(H2,3,5)(H2,4,6). The summed E-state index contributed by atoms with van der Waals surface area (Å²) >= 11 is 9.27. The zero-order chi connectivity index (χ0) is 8.69. The molecule has 0 rings (SSSR count). The summed E-state index contributed by atoms with van der Waals surface area (Å²) in [5, 5.41) is 0. The van der Waals surface area contributed by atoms with Crippen molar-refractivity contribution >= 4 is 84.1 Å². The summed E-state index contributed by atoms with van der Waals surface area (Å²) in [6.07, 6.45) is 0. The van der Waals surface area contributed by atoms with Crippen LogP contribution in [-0.4, -0.2) is 8.64 Å². The van der Waals surface area contributed by atoms with E-state index in [0.29, 0.717) is 8.64 Å². The Morgan fingerprint density at radius 2 is 1.18 bits per heavy atom. The largest absolute Gasteiger partial charge is 0.384 e. The molecule has 0 aromatic carbocycles. The van der Waals surface area contributed by atoms with Crippen LogP contribution in [0, 0.1) is 0 Å². The minimum absolute atomic E-state index is 0.434. The molecular formula is C2H4N2S7. The Labute approximate surface area is 94.7 Å².